The Hall–Kier alpha value is -3.16. The van der Waals surface area contributed by atoms with Crippen molar-refractivity contribution in [2.75, 3.05) is 31.7 Å². The lowest BCUT2D eigenvalue weighted by Crippen LogP contribution is -2.31. The summed E-state index contributed by atoms with van der Waals surface area (Å²) in [4.78, 5) is 4.07. The summed E-state index contributed by atoms with van der Waals surface area (Å²) in [7, 11) is 1.87. The highest BCUT2D eigenvalue weighted by atomic mass is 35.5. The molecule has 172 valence electrons. The van der Waals surface area contributed by atoms with Crippen molar-refractivity contribution in [1.29, 1.82) is 0 Å². The smallest absolute Gasteiger partial charge is 0.416 e. The number of nitrogens with zero attached hydrogens (tertiary/aromatic N) is 2. The van der Waals surface area contributed by atoms with E-state index in [0.29, 0.717) is 34.5 Å². The van der Waals surface area contributed by atoms with Gasteiger partial charge in [-0.25, -0.2) is 0 Å². The predicted octanol–water partition coefficient (Wildman–Crippen LogP) is 6.45. The van der Waals surface area contributed by atoms with Crippen LogP contribution >= 0.6 is 11.6 Å². The van der Waals surface area contributed by atoms with Crippen LogP contribution in [0.2, 0.25) is 5.02 Å². The van der Waals surface area contributed by atoms with E-state index >= 15 is 0 Å². The summed E-state index contributed by atoms with van der Waals surface area (Å²) in [6, 6.07) is 20.0. The molecule has 4 nitrogen and oxygen atoms in total. The lowest BCUT2D eigenvalue weighted by molar-refractivity contribution is -0.137. The van der Waals surface area contributed by atoms with Crippen molar-refractivity contribution in [2.45, 2.75) is 6.18 Å². The van der Waals surface area contributed by atoms with Gasteiger partial charge in [-0.05, 0) is 67.7 Å². The lowest BCUT2D eigenvalue weighted by Gasteiger charge is -2.25. The van der Waals surface area contributed by atoms with Gasteiger partial charge in [0.1, 0.15) is 11.5 Å². The number of halogens is 4. The molecule has 1 N–H and O–H groups in total. The topological polar surface area (TPSA) is 27.7 Å². The van der Waals surface area contributed by atoms with Gasteiger partial charge in [0, 0.05) is 35.6 Å². The quantitative estimate of drug-likeness (QED) is 0.427. The Kier molecular flexibility index (Phi) is 6.81. The Balaban J connectivity index is 1.59. The number of benzene rings is 3. The van der Waals surface area contributed by atoms with Gasteiger partial charge in [0.25, 0.3) is 0 Å². The SMILES string of the molecule is CNCCN1C=C(c2cccc(C(F)(F)F)c2)N(c2ccc(Oc3ccc(Cl)cc3)cc2)C1. The minimum absolute atomic E-state index is 0.512. The summed E-state index contributed by atoms with van der Waals surface area (Å²) in [5.74, 6) is 1.31. The summed E-state index contributed by atoms with van der Waals surface area (Å²) >= 11 is 5.91. The van der Waals surface area contributed by atoms with Crippen LogP contribution in [-0.2, 0) is 6.18 Å². The van der Waals surface area contributed by atoms with Crippen LogP contribution < -0.4 is 15.0 Å². The minimum atomic E-state index is -4.40. The molecule has 8 heteroatoms. The van der Waals surface area contributed by atoms with E-state index in [1.165, 1.54) is 12.1 Å². The zero-order valence-electron chi connectivity index (χ0n) is 17.9. The summed E-state index contributed by atoms with van der Waals surface area (Å²) in [6.07, 6.45) is -2.49. The van der Waals surface area contributed by atoms with Crippen molar-refractivity contribution < 1.29 is 17.9 Å². The molecule has 33 heavy (non-hydrogen) atoms. The molecule has 0 amide bonds. The Morgan fingerprint density at radius 2 is 1.64 bits per heavy atom. The first-order chi connectivity index (χ1) is 15.8. The summed E-state index contributed by atoms with van der Waals surface area (Å²) < 4.78 is 45.7. The third-order valence-corrected chi connectivity index (χ3v) is 5.50. The second-order valence-corrected chi connectivity index (χ2v) is 8.06. The third-order valence-electron chi connectivity index (χ3n) is 5.25. The lowest BCUT2D eigenvalue weighted by atomic mass is 10.1. The fourth-order valence-corrected chi connectivity index (χ4v) is 3.70. The van der Waals surface area contributed by atoms with Crippen LogP contribution in [0.25, 0.3) is 5.70 Å². The summed E-state index contributed by atoms with van der Waals surface area (Å²) in [5, 5.41) is 3.73. The van der Waals surface area contributed by atoms with E-state index in [9.17, 15) is 13.2 Å². The molecule has 0 spiro atoms. The highest BCUT2D eigenvalue weighted by molar-refractivity contribution is 6.30. The molecule has 3 aromatic rings. The molecular weight excluding hydrogens is 451 g/mol. The number of alkyl halides is 3. The normalized spacial score (nSPS) is 13.9. The molecular formula is C25H23ClF3N3O. The Morgan fingerprint density at radius 1 is 0.970 bits per heavy atom. The van der Waals surface area contributed by atoms with Crippen LogP contribution in [-0.4, -0.2) is 31.7 Å². The molecule has 1 aliphatic rings. The third kappa shape index (κ3) is 5.61. The van der Waals surface area contributed by atoms with Crippen molar-refractivity contribution in [3.05, 3.63) is 95.1 Å². The maximum absolute atomic E-state index is 13.3. The fourth-order valence-electron chi connectivity index (χ4n) is 3.57. The average Bonchev–Trinajstić information content (AvgIpc) is 3.23. The number of likely N-dealkylation sites (N-methyl/N-ethyl adjacent to an activating group) is 1. The first-order valence-electron chi connectivity index (χ1n) is 10.4. The Bertz CT molecular complexity index is 1110. The van der Waals surface area contributed by atoms with Gasteiger partial charge in [0.2, 0.25) is 0 Å². The second-order valence-electron chi connectivity index (χ2n) is 7.63. The van der Waals surface area contributed by atoms with Gasteiger partial charge in [-0.15, -0.1) is 0 Å². The van der Waals surface area contributed by atoms with Crippen molar-refractivity contribution in [1.82, 2.24) is 10.2 Å². The number of rotatable bonds is 7. The molecule has 0 aliphatic carbocycles. The van der Waals surface area contributed by atoms with Crippen LogP contribution in [0.1, 0.15) is 11.1 Å². The highest BCUT2D eigenvalue weighted by Crippen LogP contribution is 2.36. The van der Waals surface area contributed by atoms with E-state index in [-0.39, 0.29) is 0 Å². The molecule has 0 saturated heterocycles. The molecule has 3 aromatic carbocycles. The van der Waals surface area contributed by atoms with Gasteiger partial charge in [0.05, 0.1) is 17.9 Å². The minimum Gasteiger partial charge on any atom is -0.457 e. The molecule has 0 aromatic heterocycles. The van der Waals surface area contributed by atoms with Gasteiger partial charge in [-0.1, -0.05) is 23.7 Å². The monoisotopic (exact) mass is 473 g/mol. The number of hydrogen-bond donors (Lipinski definition) is 1. The molecule has 0 atom stereocenters. The van der Waals surface area contributed by atoms with E-state index in [0.717, 1.165) is 24.8 Å². The number of anilines is 1. The van der Waals surface area contributed by atoms with E-state index in [4.69, 9.17) is 16.3 Å². The van der Waals surface area contributed by atoms with Crippen LogP contribution in [0.4, 0.5) is 18.9 Å². The molecule has 1 aliphatic heterocycles. The van der Waals surface area contributed by atoms with E-state index in [1.807, 2.05) is 42.4 Å². The molecule has 1 heterocycles. The predicted molar refractivity (Wildman–Crippen MR) is 125 cm³/mol. The first kappa shape index (κ1) is 23.0. The van der Waals surface area contributed by atoms with E-state index in [2.05, 4.69) is 10.2 Å². The van der Waals surface area contributed by atoms with Gasteiger partial charge < -0.3 is 19.9 Å². The molecule has 0 unspecified atom stereocenters. The van der Waals surface area contributed by atoms with E-state index in [1.54, 1.807) is 30.3 Å². The van der Waals surface area contributed by atoms with Gasteiger partial charge in [-0.3, -0.25) is 0 Å². The molecule has 0 saturated carbocycles. The van der Waals surface area contributed by atoms with Crippen molar-refractivity contribution in [3.63, 3.8) is 0 Å². The maximum atomic E-state index is 13.3. The number of hydrogen-bond acceptors (Lipinski definition) is 4. The molecule has 0 radical (unpaired) electrons. The van der Waals surface area contributed by atoms with Crippen molar-refractivity contribution in [2.24, 2.45) is 0 Å². The van der Waals surface area contributed by atoms with Crippen LogP contribution in [0.15, 0.2) is 79.0 Å². The van der Waals surface area contributed by atoms with Crippen LogP contribution in [0.3, 0.4) is 0 Å². The summed E-state index contributed by atoms with van der Waals surface area (Å²) in [6.45, 7) is 2.02. The van der Waals surface area contributed by atoms with Crippen LogP contribution in [0.5, 0.6) is 11.5 Å². The van der Waals surface area contributed by atoms with E-state index < -0.39 is 11.7 Å². The molecule has 4 rings (SSSR count). The Morgan fingerprint density at radius 3 is 2.27 bits per heavy atom. The molecule has 0 fully saturated rings. The van der Waals surface area contributed by atoms with Gasteiger partial charge in [0.15, 0.2) is 0 Å². The van der Waals surface area contributed by atoms with Gasteiger partial charge in [-0.2, -0.15) is 13.2 Å². The number of nitrogens with one attached hydrogen (secondary N) is 1. The highest BCUT2D eigenvalue weighted by Gasteiger charge is 2.32. The second kappa shape index (κ2) is 9.77. The molecule has 0 bridgehead atoms. The first-order valence-corrected chi connectivity index (χ1v) is 10.8. The van der Waals surface area contributed by atoms with Gasteiger partial charge >= 0.3 is 6.18 Å². The van der Waals surface area contributed by atoms with Crippen molar-refractivity contribution in [3.8, 4) is 11.5 Å². The van der Waals surface area contributed by atoms with Crippen LogP contribution in [0, 0.1) is 0 Å². The average molecular weight is 474 g/mol. The largest absolute Gasteiger partial charge is 0.457 e. The summed E-state index contributed by atoms with van der Waals surface area (Å²) in [5.41, 5.74) is 1.41. The standard InChI is InChI=1S/C25H23ClF3N3O/c1-30-13-14-31-16-24(18-3-2-4-19(15-18)25(27,28)29)32(17-31)21-7-11-23(12-8-21)33-22-9-5-20(26)6-10-22/h2-12,15-16,30H,13-14,17H2,1H3. The zero-order valence-corrected chi connectivity index (χ0v) is 18.7. The van der Waals surface area contributed by atoms with Crippen molar-refractivity contribution >= 4 is 23.0 Å². The fraction of sp³-hybridized carbons (Fsp3) is 0.200. The Labute approximate surface area is 195 Å². The zero-order chi connectivity index (χ0) is 23.4. The number of ether oxygens (including phenoxy) is 1. The maximum Gasteiger partial charge on any atom is 0.416 e.